The predicted octanol–water partition coefficient (Wildman–Crippen LogP) is 7.52. The van der Waals surface area contributed by atoms with Crippen molar-refractivity contribution in [2.24, 2.45) is 5.41 Å². The summed E-state index contributed by atoms with van der Waals surface area (Å²) in [4.78, 5) is 2.27. The number of allylic oxidation sites excluding steroid dienone is 2. The van der Waals surface area contributed by atoms with Gasteiger partial charge in [0.15, 0.2) is 0 Å². The largest absolute Gasteiger partial charge is 0.493 e. The Balaban J connectivity index is 2.27. The Labute approximate surface area is 183 Å². The minimum Gasteiger partial charge on any atom is -0.493 e. The third-order valence-corrected chi connectivity index (χ3v) is 4.12. The van der Waals surface area contributed by atoms with E-state index in [0.29, 0.717) is 13.2 Å². The maximum Gasteiger partial charge on any atom is 0.119 e. The molecule has 0 saturated carbocycles. The van der Waals surface area contributed by atoms with Gasteiger partial charge in [-0.15, -0.1) is 0 Å². The highest BCUT2D eigenvalue weighted by molar-refractivity contribution is 5.64. The van der Waals surface area contributed by atoms with Crippen LogP contribution in [0.15, 0.2) is 78.6 Å². The Hall–Kier alpha value is -2.68. The van der Waals surface area contributed by atoms with Crippen molar-refractivity contribution in [1.82, 2.24) is 0 Å². The van der Waals surface area contributed by atoms with Crippen LogP contribution in [-0.2, 0) is 4.74 Å². The fourth-order valence-electron chi connectivity index (χ4n) is 2.83. The van der Waals surface area contributed by atoms with Crippen LogP contribution in [0.25, 0.3) is 0 Å². The van der Waals surface area contributed by atoms with E-state index in [1.165, 1.54) is 0 Å². The molecule has 0 saturated heterocycles. The van der Waals surface area contributed by atoms with Crippen molar-refractivity contribution in [3.63, 3.8) is 0 Å². The van der Waals surface area contributed by atoms with Gasteiger partial charge in [0, 0.05) is 17.9 Å². The van der Waals surface area contributed by atoms with Gasteiger partial charge in [-0.3, -0.25) is 0 Å². The number of ether oxygens (including phenoxy) is 2. The molecular weight excluding hydrogens is 370 g/mol. The first-order chi connectivity index (χ1) is 14.1. The number of hydrogen-bond acceptors (Lipinski definition) is 3. The second-order valence-corrected chi connectivity index (χ2v) is 9.61. The summed E-state index contributed by atoms with van der Waals surface area (Å²) in [7, 11) is 0. The first-order valence-corrected chi connectivity index (χ1v) is 10.6. The minimum absolute atomic E-state index is 0.135. The summed E-state index contributed by atoms with van der Waals surface area (Å²) in [5.74, 6) is 1.76. The summed E-state index contributed by atoms with van der Waals surface area (Å²) >= 11 is 0. The molecule has 0 aliphatic rings. The first-order valence-electron chi connectivity index (χ1n) is 10.6. The van der Waals surface area contributed by atoms with Crippen LogP contribution in [0.5, 0.6) is 5.75 Å². The van der Waals surface area contributed by atoms with Gasteiger partial charge < -0.3 is 14.4 Å². The summed E-state index contributed by atoms with van der Waals surface area (Å²) in [6.07, 6.45) is 6.14. The van der Waals surface area contributed by atoms with E-state index >= 15 is 0 Å². The molecule has 0 aliphatic heterocycles. The number of hydrogen-bond donors (Lipinski definition) is 0. The molecule has 30 heavy (non-hydrogen) atoms. The first kappa shape index (κ1) is 23.6. The van der Waals surface area contributed by atoms with Gasteiger partial charge in [-0.05, 0) is 81.7 Å². The zero-order valence-corrected chi connectivity index (χ0v) is 19.6. The van der Waals surface area contributed by atoms with Crippen molar-refractivity contribution in [1.29, 1.82) is 0 Å². The molecular formula is C27H37NO2. The van der Waals surface area contributed by atoms with Crippen molar-refractivity contribution in [2.45, 2.75) is 54.1 Å². The molecule has 3 nitrogen and oxygen atoms in total. The zero-order chi connectivity index (χ0) is 22.2. The Morgan fingerprint density at radius 2 is 1.47 bits per heavy atom. The molecule has 0 unspecified atom stereocenters. The van der Waals surface area contributed by atoms with E-state index in [-0.39, 0.29) is 11.0 Å². The van der Waals surface area contributed by atoms with Gasteiger partial charge in [0.2, 0.25) is 0 Å². The number of para-hydroxylation sites is 1. The normalized spacial score (nSPS) is 12.8. The fourth-order valence-corrected chi connectivity index (χ4v) is 2.83. The van der Waals surface area contributed by atoms with Gasteiger partial charge in [0.25, 0.3) is 0 Å². The van der Waals surface area contributed by atoms with Crippen LogP contribution in [-0.4, -0.2) is 18.8 Å². The number of nitrogens with zero attached hydrogens (tertiary/aromatic N) is 1. The lowest BCUT2D eigenvalue weighted by Gasteiger charge is -2.26. The highest BCUT2D eigenvalue weighted by Gasteiger charge is 2.14. The molecule has 0 spiro atoms. The van der Waals surface area contributed by atoms with E-state index < -0.39 is 0 Å². The second kappa shape index (κ2) is 10.4. The molecule has 0 aromatic heterocycles. The highest BCUT2D eigenvalue weighted by Crippen LogP contribution is 2.28. The Kier molecular flexibility index (Phi) is 8.16. The minimum atomic E-state index is -0.241. The molecule has 0 radical (unpaired) electrons. The van der Waals surface area contributed by atoms with Crippen molar-refractivity contribution in [3.05, 3.63) is 78.6 Å². The van der Waals surface area contributed by atoms with Gasteiger partial charge in [0.1, 0.15) is 17.1 Å². The SMILES string of the molecule is C/C=C\C(=C/CN(c1ccccc1)c1ccc(OCC(C)(C)C)cc1)OC(C)(C)C. The molecule has 0 fully saturated rings. The number of rotatable bonds is 8. The molecule has 3 heteroatoms. The summed E-state index contributed by atoms with van der Waals surface area (Å²) < 4.78 is 12.0. The van der Waals surface area contributed by atoms with Gasteiger partial charge in [0.05, 0.1) is 6.61 Å². The van der Waals surface area contributed by atoms with Gasteiger partial charge in [-0.2, -0.15) is 0 Å². The lowest BCUT2D eigenvalue weighted by Crippen LogP contribution is -2.21. The average molecular weight is 408 g/mol. The van der Waals surface area contributed by atoms with Crippen LogP contribution in [0.1, 0.15) is 48.5 Å². The van der Waals surface area contributed by atoms with E-state index in [2.05, 4.69) is 88.9 Å². The van der Waals surface area contributed by atoms with Crippen LogP contribution in [0.2, 0.25) is 0 Å². The van der Waals surface area contributed by atoms with Crippen molar-refractivity contribution >= 4 is 11.4 Å². The topological polar surface area (TPSA) is 21.7 Å². The van der Waals surface area contributed by atoms with Crippen molar-refractivity contribution in [3.8, 4) is 5.75 Å². The van der Waals surface area contributed by atoms with E-state index in [0.717, 1.165) is 22.9 Å². The number of benzene rings is 2. The molecule has 2 rings (SSSR count). The van der Waals surface area contributed by atoms with E-state index in [4.69, 9.17) is 9.47 Å². The number of anilines is 2. The molecule has 0 bridgehead atoms. The molecule has 0 heterocycles. The van der Waals surface area contributed by atoms with Crippen LogP contribution >= 0.6 is 0 Å². The summed E-state index contributed by atoms with van der Waals surface area (Å²) in [5, 5.41) is 0. The molecule has 0 amide bonds. The highest BCUT2D eigenvalue weighted by atomic mass is 16.5. The molecule has 0 atom stereocenters. The zero-order valence-electron chi connectivity index (χ0n) is 19.6. The van der Waals surface area contributed by atoms with E-state index in [1.54, 1.807) is 0 Å². The monoisotopic (exact) mass is 407 g/mol. The quantitative estimate of drug-likeness (QED) is 0.333. The Bertz CT molecular complexity index is 822. The van der Waals surface area contributed by atoms with Crippen LogP contribution < -0.4 is 9.64 Å². The maximum atomic E-state index is 6.11. The summed E-state index contributed by atoms with van der Waals surface area (Å²) in [5.41, 5.74) is 2.13. The molecule has 0 N–H and O–H groups in total. The Morgan fingerprint density at radius 1 is 0.867 bits per heavy atom. The van der Waals surface area contributed by atoms with Crippen LogP contribution in [0.4, 0.5) is 11.4 Å². The standard InChI is InChI=1S/C27H37NO2/c1-8-12-25(30-27(5,6)7)19-20-28(22-13-10-9-11-14-22)23-15-17-24(18-16-23)29-21-26(2,3)4/h8-19H,20-21H2,1-7H3/b12-8-,25-19+. The average Bonchev–Trinajstić information content (AvgIpc) is 2.66. The van der Waals surface area contributed by atoms with Crippen molar-refractivity contribution in [2.75, 3.05) is 18.1 Å². The lowest BCUT2D eigenvalue weighted by molar-refractivity contribution is 0.0595. The second-order valence-electron chi connectivity index (χ2n) is 9.61. The summed E-state index contributed by atoms with van der Waals surface area (Å²) in [6, 6.07) is 18.7. The van der Waals surface area contributed by atoms with E-state index in [1.807, 2.05) is 37.3 Å². The van der Waals surface area contributed by atoms with Gasteiger partial charge in [-0.1, -0.05) is 45.0 Å². The third-order valence-electron chi connectivity index (χ3n) is 4.12. The lowest BCUT2D eigenvalue weighted by atomic mass is 9.99. The van der Waals surface area contributed by atoms with Gasteiger partial charge >= 0.3 is 0 Å². The van der Waals surface area contributed by atoms with Crippen LogP contribution in [0, 0.1) is 5.41 Å². The molecule has 2 aromatic carbocycles. The van der Waals surface area contributed by atoms with E-state index in [9.17, 15) is 0 Å². The fraction of sp³-hybridized carbons (Fsp3) is 0.407. The molecule has 2 aromatic rings. The third kappa shape index (κ3) is 8.36. The smallest absolute Gasteiger partial charge is 0.119 e. The Morgan fingerprint density at radius 3 is 2.00 bits per heavy atom. The molecule has 162 valence electrons. The predicted molar refractivity (Wildman–Crippen MR) is 129 cm³/mol. The van der Waals surface area contributed by atoms with Crippen molar-refractivity contribution < 1.29 is 9.47 Å². The maximum absolute atomic E-state index is 6.11. The molecule has 0 aliphatic carbocycles. The summed E-state index contributed by atoms with van der Waals surface area (Å²) in [6.45, 7) is 16.1. The van der Waals surface area contributed by atoms with Crippen LogP contribution in [0.3, 0.4) is 0 Å². The van der Waals surface area contributed by atoms with Gasteiger partial charge in [-0.25, -0.2) is 0 Å².